The summed E-state index contributed by atoms with van der Waals surface area (Å²) in [6.45, 7) is 5.54. The van der Waals surface area contributed by atoms with E-state index in [0.29, 0.717) is 17.2 Å². The minimum absolute atomic E-state index is 0.0739. The molecule has 124 valence electrons. The number of hydrogen-bond donors (Lipinski definition) is 3. The molecule has 3 heterocycles. The Morgan fingerprint density at radius 3 is 3.04 bits per heavy atom. The maximum Gasteiger partial charge on any atom is 0.268 e. The molecule has 0 spiro atoms. The van der Waals surface area contributed by atoms with Gasteiger partial charge in [-0.3, -0.25) is 4.79 Å². The lowest BCUT2D eigenvalue weighted by Crippen LogP contribution is -2.49. The Morgan fingerprint density at radius 1 is 1.43 bits per heavy atom. The van der Waals surface area contributed by atoms with Gasteiger partial charge in [0.2, 0.25) is 5.88 Å². The van der Waals surface area contributed by atoms with Crippen LogP contribution in [0.25, 0.3) is 11.0 Å². The number of ether oxygens (including phenoxy) is 1. The van der Waals surface area contributed by atoms with Crippen LogP contribution in [0.3, 0.4) is 0 Å². The molecular weight excluding hydrogens is 308 g/mol. The molecule has 0 bridgehead atoms. The number of nitrogens with zero attached hydrogens (tertiary/aromatic N) is 1. The Labute approximate surface area is 137 Å². The van der Waals surface area contributed by atoms with E-state index < -0.39 is 8.24 Å². The number of aromatic nitrogens is 2. The van der Waals surface area contributed by atoms with Gasteiger partial charge in [0.15, 0.2) is 0 Å². The lowest BCUT2D eigenvalue weighted by molar-refractivity contribution is 0.0931. The minimum Gasteiger partial charge on any atom is -0.481 e. The van der Waals surface area contributed by atoms with Crippen LogP contribution in [0.1, 0.15) is 23.3 Å². The first-order chi connectivity index (χ1) is 11.0. The molecule has 7 heteroatoms. The molecule has 1 aliphatic heterocycles. The summed E-state index contributed by atoms with van der Waals surface area (Å²) in [6, 6.07) is 6.97. The SMILES string of the molecule is COc1ccc2cc(C(=O)NC3CCC[Si](C)(C)NC3)[nH]c2n1. The fourth-order valence-electron chi connectivity index (χ4n) is 2.99. The van der Waals surface area contributed by atoms with E-state index in [2.05, 4.69) is 33.4 Å². The summed E-state index contributed by atoms with van der Waals surface area (Å²) in [5, 5.41) is 4.04. The van der Waals surface area contributed by atoms with Crippen LogP contribution >= 0.6 is 0 Å². The van der Waals surface area contributed by atoms with Gasteiger partial charge in [0.25, 0.3) is 5.91 Å². The Kier molecular flexibility index (Phi) is 4.41. The summed E-state index contributed by atoms with van der Waals surface area (Å²) >= 11 is 0. The van der Waals surface area contributed by atoms with Gasteiger partial charge >= 0.3 is 0 Å². The number of hydrogen-bond acceptors (Lipinski definition) is 4. The molecule has 0 aromatic carbocycles. The Hall–Kier alpha value is -1.86. The summed E-state index contributed by atoms with van der Waals surface area (Å²) in [7, 11) is 0.295. The standard InChI is InChI=1S/C16H24N4O2Si/c1-22-14-7-6-11-9-13(19-15(11)20-14)16(21)18-12-5-4-8-23(2,3)17-10-12/h6-7,9,12,17H,4-5,8,10H2,1-3H3,(H,18,21)(H,19,20). The molecule has 2 aromatic rings. The molecule has 0 radical (unpaired) electrons. The van der Waals surface area contributed by atoms with Crippen molar-refractivity contribution in [1.29, 1.82) is 0 Å². The average Bonchev–Trinajstić information content (AvgIpc) is 2.87. The van der Waals surface area contributed by atoms with E-state index in [1.807, 2.05) is 12.1 Å². The molecule has 1 atom stereocenters. The van der Waals surface area contributed by atoms with Crippen LogP contribution in [0, 0.1) is 0 Å². The third kappa shape index (κ3) is 3.73. The van der Waals surface area contributed by atoms with Gasteiger partial charge in [-0.1, -0.05) is 19.5 Å². The first-order valence-electron chi connectivity index (χ1n) is 8.06. The molecule has 0 saturated carbocycles. The Balaban J connectivity index is 1.70. The number of methoxy groups -OCH3 is 1. The predicted molar refractivity (Wildman–Crippen MR) is 93.4 cm³/mol. The lowest BCUT2D eigenvalue weighted by Gasteiger charge is -2.22. The highest BCUT2D eigenvalue weighted by Gasteiger charge is 2.26. The van der Waals surface area contributed by atoms with Crippen molar-refractivity contribution in [2.45, 2.75) is 38.0 Å². The topological polar surface area (TPSA) is 79.0 Å². The molecule has 0 aliphatic carbocycles. The van der Waals surface area contributed by atoms with Gasteiger partial charge in [-0.25, -0.2) is 0 Å². The van der Waals surface area contributed by atoms with Gasteiger partial charge in [0.05, 0.1) is 7.11 Å². The molecule has 23 heavy (non-hydrogen) atoms. The first-order valence-corrected chi connectivity index (χ1v) is 11.3. The normalized spacial score (nSPS) is 20.9. The van der Waals surface area contributed by atoms with E-state index in [1.54, 1.807) is 13.2 Å². The van der Waals surface area contributed by atoms with Crippen molar-refractivity contribution in [2.24, 2.45) is 0 Å². The molecule has 6 nitrogen and oxygen atoms in total. The number of carbonyl (C=O) groups is 1. The van der Waals surface area contributed by atoms with Crippen molar-refractivity contribution >= 4 is 25.2 Å². The second-order valence-electron chi connectivity index (χ2n) is 6.80. The third-order valence-corrected chi connectivity index (χ3v) is 7.19. The van der Waals surface area contributed by atoms with Gasteiger partial charge in [-0.2, -0.15) is 4.98 Å². The third-order valence-electron chi connectivity index (χ3n) is 4.42. The highest BCUT2D eigenvalue weighted by atomic mass is 28.3. The van der Waals surface area contributed by atoms with E-state index in [4.69, 9.17) is 4.74 Å². The quantitative estimate of drug-likeness (QED) is 0.753. The van der Waals surface area contributed by atoms with Crippen LogP contribution in [-0.4, -0.2) is 43.8 Å². The van der Waals surface area contributed by atoms with Crippen molar-refractivity contribution in [2.75, 3.05) is 13.7 Å². The molecule has 1 saturated heterocycles. The Bertz CT molecular complexity index is 713. The van der Waals surface area contributed by atoms with Gasteiger partial charge in [0.1, 0.15) is 19.6 Å². The minimum atomic E-state index is -1.28. The second kappa shape index (κ2) is 6.33. The van der Waals surface area contributed by atoms with Crippen molar-refractivity contribution in [3.05, 3.63) is 23.9 Å². The predicted octanol–water partition coefficient (Wildman–Crippen LogP) is 2.26. The summed E-state index contributed by atoms with van der Waals surface area (Å²) in [6.07, 6.45) is 2.20. The monoisotopic (exact) mass is 332 g/mol. The molecule has 2 aromatic heterocycles. The van der Waals surface area contributed by atoms with Gasteiger partial charge in [0, 0.05) is 24.0 Å². The van der Waals surface area contributed by atoms with E-state index in [0.717, 1.165) is 18.4 Å². The molecule has 3 N–H and O–H groups in total. The molecule has 1 aliphatic rings. The maximum absolute atomic E-state index is 12.5. The van der Waals surface area contributed by atoms with Crippen LogP contribution in [0.5, 0.6) is 5.88 Å². The van der Waals surface area contributed by atoms with Gasteiger partial charge < -0.3 is 20.0 Å². The van der Waals surface area contributed by atoms with Gasteiger partial charge in [-0.15, -0.1) is 0 Å². The van der Waals surface area contributed by atoms with Crippen LogP contribution < -0.4 is 15.0 Å². The zero-order valence-electron chi connectivity index (χ0n) is 13.9. The van der Waals surface area contributed by atoms with Crippen molar-refractivity contribution in [3.63, 3.8) is 0 Å². The second-order valence-corrected chi connectivity index (χ2v) is 11.4. The molecule has 1 fully saturated rings. The fraction of sp³-hybridized carbons (Fsp3) is 0.500. The van der Waals surface area contributed by atoms with Crippen molar-refractivity contribution < 1.29 is 9.53 Å². The zero-order valence-corrected chi connectivity index (χ0v) is 14.9. The molecule has 1 unspecified atom stereocenters. The Morgan fingerprint density at radius 2 is 2.26 bits per heavy atom. The summed E-state index contributed by atoms with van der Waals surface area (Å²) in [5.74, 6) is 0.460. The van der Waals surface area contributed by atoms with Gasteiger partial charge in [-0.05, 0) is 24.6 Å². The molecular formula is C16H24N4O2Si. The maximum atomic E-state index is 12.5. The number of aromatic amines is 1. The smallest absolute Gasteiger partial charge is 0.268 e. The average molecular weight is 332 g/mol. The van der Waals surface area contributed by atoms with Crippen LogP contribution in [0.2, 0.25) is 19.1 Å². The van der Waals surface area contributed by atoms with Crippen molar-refractivity contribution in [1.82, 2.24) is 20.3 Å². The van der Waals surface area contributed by atoms with Crippen LogP contribution in [0.4, 0.5) is 0 Å². The summed E-state index contributed by atoms with van der Waals surface area (Å²) < 4.78 is 5.11. The molecule has 1 amide bonds. The number of carbonyl (C=O) groups excluding carboxylic acids is 1. The van der Waals surface area contributed by atoms with Crippen molar-refractivity contribution in [3.8, 4) is 5.88 Å². The molecule has 3 rings (SSSR count). The van der Waals surface area contributed by atoms with Crippen LogP contribution in [0.15, 0.2) is 18.2 Å². The number of rotatable bonds is 3. The largest absolute Gasteiger partial charge is 0.481 e. The number of amides is 1. The first kappa shape index (κ1) is 16.0. The number of fused-ring (bicyclic) bond motifs is 1. The highest BCUT2D eigenvalue weighted by molar-refractivity contribution is 6.75. The van der Waals surface area contributed by atoms with E-state index in [-0.39, 0.29) is 11.9 Å². The number of pyridine rings is 1. The lowest BCUT2D eigenvalue weighted by atomic mass is 10.1. The van der Waals surface area contributed by atoms with E-state index >= 15 is 0 Å². The van der Waals surface area contributed by atoms with E-state index in [1.165, 1.54) is 12.5 Å². The van der Waals surface area contributed by atoms with E-state index in [9.17, 15) is 4.79 Å². The highest BCUT2D eigenvalue weighted by Crippen LogP contribution is 2.19. The number of H-pyrrole nitrogens is 1. The zero-order chi connectivity index (χ0) is 16.4. The van der Waals surface area contributed by atoms with Crippen LogP contribution in [-0.2, 0) is 0 Å². The summed E-state index contributed by atoms with van der Waals surface area (Å²) in [5.41, 5.74) is 1.21. The fourth-order valence-corrected chi connectivity index (χ4v) is 5.05. The number of nitrogens with one attached hydrogen (secondary N) is 3. The summed E-state index contributed by atoms with van der Waals surface area (Å²) in [4.78, 5) is 23.5.